The van der Waals surface area contributed by atoms with Gasteiger partial charge in [-0.25, -0.2) is 9.59 Å². The summed E-state index contributed by atoms with van der Waals surface area (Å²) in [4.78, 5) is 22.7. The number of hydrogen-bond donors (Lipinski definition) is 2. The van der Waals surface area contributed by atoms with Gasteiger partial charge in [0.1, 0.15) is 0 Å². The van der Waals surface area contributed by atoms with Crippen molar-refractivity contribution in [3.8, 4) is 0 Å². The number of carbonyl (C=O) groups is 2. The Kier molecular flexibility index (Phi) is 12.2. The van der Waals surface area contributed by atoms with Crippen molar-refractivity contribution < 1.29 is 19.8 Å². The summed E-state index contributed by atoms with van der Waals surface area (Å²) in [5, 5.41) is 18.6. The van der Waals surface area contributed by atoms with E-state index in [9.17, 15) is 19.8 Å². The molecule has 0 atom stereocenters. The van der Waals surface area contributed by atoms with Crippen molar-refractivity contribution in [1.29, 1.82) is 0 Å². The summed E-state index contributed by atoms with van der Waals surface area (Å²) >= 11 is 0. The highest BCUT2D eigenvalue weighted by molar-refractivity contribution is 5.96. The van der Waals surface area contributed by atoms with Crippen LogP contribution in [0, 0.1) is 0 Å². The smallest absolute Gasteiger partial charge is 0.335 e. The van der Waals surface area contributed by atoms with Gasteiger partial charge in [-0.05, 0) is 30.5 Å². The molecule has 1 aromatic carbocycles. The van der Waals surface area contributed by atoms with Crippen LogP contribution in [0.2, 0.25) is 0 Å². The number of benzene rings is 1. The second-order valence-electron chi connectivity index (χ2n) is 7.43. The van der Waals surface area contributed by atoms with Crippen LogP contribution in [-0.4, -0.2) is 22.2 Å². The summed E-state index contributed by atoms with van der Waals surface area (Å²) in [6, 6.07) is 4.49. The molecule has 0 heterocycles. The fourth-order valence-corrected chi connectivity index (χ4v) is 3.58. The molecule has 0 unspecified atom stereocenters. The standard InChI is InChI=1S/C23H36O4/c1-2-3-4-5-6-7-8-9-10-11-12-13-14-16-19-20(22(24)25)17-15-18-21(19)23(26)27/h15,17-18H,2-14,16H2,1H3,(H,24,25)(H,26,27). The molecule has 152 valence electrons. The molecule has 0 fully saturated rings. The zero-order valence-electron chi connectivity index (χ0n) is 16.8. The predicted molar refractivity (Wildman–Crippen MR) is 110 cm³/mol. The Balaban J connectivity index is 2.17. The minimum atomic E-state index is -1.05. The van der Waals surface area contributed by atoms with E-state index in [0.29, 0.717) is 12.0 Å². The average Bonchev–Trinajstić information content (AvgIpc) is 2.65. The van der Waals surface area contributed by atoms with Crippen LogP contribution in [0.25, 0.3) is 0 Å². The van der Waals surface area contributed by atoms with Crippen molar-refractivity contribution >= 4 is 11.9 Å². The molecule has 0 aliphatic rings. The Bertz CT molecular complexity index is 533. The highest BCUT2D eigenvalue weighted by Gasteiger charge is 2.17. The summed E-state index contributed by atoms with van der Waals surface area (Å²) in [7, 11) is 0. The number of hydrogen-bond acceptors (Lipinski definition) is 2. The van der Waals surface area contributed by atoms with Gasteiger partial charge in [0.05, 0.1) is 11.1 Å². The molecular weight excluding hydrogens is 340 g/mol. The number of rotatable bonds is 16. The lowest BCUT2D eigenvalue weighted by molar-refractivity contribution is 0.0695. The first-order valence-corrected chi connectivity index (χ1v) is 10.7. The molecule has 0 saturated heterocycles. The van der Waals surface area contributed by atoms with Gasteiger partial charge >= 0.3 is 11.9 Å². The predicted octanol–water partition coefficient (Wildman–Crippen LogP) is 6.72. The van der Waals surface area contributed by atoms with E-state index < -0.39 is 11.9 Å². The molecule has 4 heteroatoms. The Morgan fingerprint density at radius 1 is 0.667 bits per heavy atom. The summed E-state index contributed by atoms with van der Waals surface area (Å²) in [5.74, 6) is -2.11. The van der Waals surface area contributed by atoms with Crippen LogP contribution < -0.4 is 0 Å². The number of carboxylic acids is 2. The van der Waals surface area contributed by atoms with E-state index in [1.807, 2.05) is 0 Å². The first-order chi connectivity index (χ1) is 13.1. The number of aromatic carboxylic acids is 2. The minimum Gasteiger partial charge on any atom is -0.478 e. The van der Waals surface area contributed by atoms with Gasteiger partial charge in [-0.15, -0.1) is 0 Å². The first kappa shape index (κ1) is 23.2. The lowest BCUT2D eigenvalue weighted by Crippen LogP contribution is -2.10. The Hall–Kier alpha value is -1.84. The lowest BCUT2D eigenvalue weighted by atomic mass is 9.95. The zero-order valence-corrected chi connectivity index (χ0v) is 16.8. The third-order valence-corrected chi connectivity index (χ3v) is 5.17. The zero-order chi connectivity index (χ0) is 19.9. The van der Waals surface area contributed by atoms with Gasteiger partial charge in [-0.2, -0.15) is 0 Å². The molecular formula is C23H36O4. The van der Waals surface area contributed by atoms with Crippen molar-refractivity contribution in [2.75, 3.05) is 0 Å². The minimum absolute atomic E-state index is 0.119. The van der Waals surface area contributed by atoms with Gasteiger partial charge in [0.25, 0.3) is 0 Å². The van der Waals surface area contributed by atoms with Crippen LogP contribution in [0.1, 0.15) is 117 Å². The maximum Gasteiger partial charge on any atom is 0.335 e. The van der Waals surface area contributed by atoms with Crippen LogP contribution in [0.15, 0.2) is 18.2 Å². The molecule has 0 radical (unpaired) electrons. The van der Waals surface area contributed by atoms with Crippen LogP contribution >= 0.6 is 0 Å². The van der Waals surface area contributed by atoms with Crippen LogP contribution in [-0.2, 0) is 6.42 Å². The molecule has 1 rings (SSSR count). The topological polar surface area (TPSA) is 74.6 Å². The summed E-state index contributed by atoms with van der Waals surface area (Å²) in [6.45, 7) is 2.25. The van der Waals surface area contributed by atoms with Crippen molar-refractivity contribution in [1.82, 2.24) is 0 Å². The maximum absolute atomic E-state index is 11.3. The lowest BCUT2D eigenvalue weighted by Gasteiger charge is -2.10. The summed E-state index contributed by atoms with van der Waals surface area (Å²) in [6.07, 6.45) is 16.8. The van der Waals surface area contributed by atoms with Crippen LogP contribution in [0.3, 0.4) is 0 Å². The van der Waals surface area contributed by atoms with E-state index in [4.69, 9.17) is 0 Å². The average molecular weight is 377 g/mol. The van der Waals surface area contributed by atoms with Gasteiger partial charge in [0.2, 0.25) is 0 Å². The second kappa shape index (κ2) is 14.2. The fraction of sp³-hybridized carbons (Fsp3) is 0.652. The SMILES string of the molecule is CCCCCCCCCCCCCCCc1c(C(=O)O)cccc1C(=O)O. The highest BCUT2D eigenvalue weighted by atomic mass is 16.4. The normalized spacial score (nSPS) is 10.9. The van der Waals surface area contributed by atoms with E-state index in [2.05, 4.69) is 6.92 Å². The third kappa shape index (κ3) is 9.60. The molecule has 0 amide bonds. The van der Waals surface area contributed by atoms with Crippen molar-refractivity contribution in [2.24, 2.45) is 0 Å². The van der Waals surface area contributed by atoms with Crippen molar-refractivity contribution in [3.63, 3.8) is 0 Å². The molecule has 2 N–H and O–H groups in total. The van der Waals surface area contributed by atoms with E-state index >= 15 is 0 Å². The Labute approximate surface area is 164 Å². The van der Waals surface area contributed by atoms with E-state index in [-0.39, 0.29) is 11.1 Å². The van der Waals surface area contributed by atoms with E-state index in [1.165, 1.54) is 82.4 Å². The fourth-order valence-electron chi connectivity index (χ4n) is 3.58. The van der Waals surface area contributed by atoms with Gasteiger partial charge in [-0.3, -0.25) is 0 Å². The molecule has 0 aliphatic carbocycles. The summed E-state index contributed by atoms with van der Waals surface area (Å²) in [5.41, 5.74) is 0.697. The van der Waals surface area contributed by atoms with Gasteiger partial charge in [0, 0.05) is 0 Å². The van der Waals surface area contributed by atoms with Gasteiger partial charge in [0.15, 0.2) is 0 Å². The molecule has 0 aromatic heterocycles. The first-order valence-electron chi connectivity index (χ1n) is 10.7. The molecule has 1 aromatic rings. The largest absolute Gasteiger partial charge is 0.478 e. The summed E-state index contributed by atoms with van der Waals surface area (Å²) < 4.78 is 0. The van der Waals surface area contributed by atoms with Crippen molar-refractivity contribution in [3.05, 3.63) is 34.9 Å². The number of unbranched alkanes of at least 4 members (excludes halogenated alkanes) is 12. The van der Waals surface area contributed by atoms with Gasteiger partial charge in [-0.1, -0.05) is 90.0 Å². The third-order valence-electron chi connectivity index (χ3n) is 5.17. The molecule has 0 bridgehead atoms. The monoisotopic (exact) mass is 376 g/mol. The molecule has 27 heavy (non-hydrogen) atoms. The van der Waals surface area contributed by atoms with Crippen LogP contribution in [0.5, 0.6) is 0 Å². The Morgan fingerprint density at radius 2 is 1.04 bits per heavy atom. The Morgan fingerprint density at radius 3 is 1.41 bits per heavy atom. The second-order valence-corrected chi connectivity index (χ2v) is 7.43. The molecule has 0 aliphatic heterocycles. The van der Waals surface area contributed by atoms with Crippen LogP contribution in [0.4, 0.5) is 0 Å². The molecule has 0 spiro atoms. The van der Waals surface area contributed by atoms with E-state index in [0.717, 1.165) is 19.3 Å². The highest BCUT2D eigenvalue weighted by Crippen LogP contribution is 2.19. The quantitative estimate of drug-likeness (QED) is 0.314. The number of carboxylic acid groups (broad SMARTS) is 2. The maximum atomic E-state index is 11.3. The van der Waals surface area contributed by atoms with E-state index in [1.54, 1.807) is 0 Å². The molecule has 0 saturated carbocycles. The molecule has 4 nitrogen and oxygen atoms in total. The van der Waals surface area contributed by atoms with Gasteiger partial charge < -0.3 is 10.2 Å². The van der Waals surface area contributed by atoms with Crippen molar-refractivity contribution in [2.45, 2.75) is 96.8 Å².